The first-order valence-corrected chi connectivity index (χ1v) is 5.21. The molecule has 0 fully saturated rings. The van der Waals surface area contributed by atoms with Gasteiger partial charge in [0, 0.05) is 13.1 Å². The molecule has 0 spiro atoms. The molecule has 6 nitrogen and oxygen atoms in total. The van der Waals surface area contributed by atoms with E-state index in [0.29, 0.717) is 6.54 Å². The maximum absolute atomic E-state index is 11.7. The molecule has 1 unspecified atom stereocenters. The number of hydrogen-bond donors (Lipinski definition) is 3. The molecule has 0 aliphatic heterocycles. The molecule has 0 aliphatic rings. The zero-order valence-electron chi connectivity index (χ0n) is 10.4. The monoisotopic (exact) mass is 244 g/mol. The van der Waals surface area contributed by atoms with E-state index in [4.69, 9.17) is 15.6 Å². The van der Waals surface area contributed by atoms with Gasteiger partial charge in [-0.1, -0.05) is 6.08 Å². The number of aliphatic carboxylic acids is 1. The molecule has 0 aromatic rings. The minimum absolute atomic E-state index is 0.219. The van der Waals surface area contributed by atoms with Gasteiger partial charge in [-0.25, -0.2) is 9.59 Å². The SMILES string of the molecule is C=CCNCC(N)(C(=O)O)C(=O)OC(C)(C)C. The highest BCUT2D eigenvalue weighted by molar-refractivity contribution is 6.04. The molecule has 0 bridgehead atoms. The van der Waals surface area contributed by atoms with Crippen LogP contribution in [-0.4, -0.2) is 41.3 Å². The predicted molar refractivity (Wildman–Crippen MR) is 63.5 cm³/mol. The Kier molecular flexibility index (Phi) is 5.31. The van der Waals surface area contributed by atoms with Crippen molar-refractivity contribution >= 4 is 11.9 Å². The van der Waals surface area contributed by atoms with Gasteiger partial charge in [0.05, 0.1) is 0 Å². The van der Waals surface area contributed by atoms with Crippen molar-refractivity contribution in [2.24, 2.45) is 5.73 Å². The molecule has 0 saturated carbocycles. The molecule has 0 rings (SSSR count). The fourth-order valence-corrected chi connectivity index (χ4v) is 0.976. The third kappa shape index (κ3) is 4.97. The van der Waals surface area contributed by atoms with Crippen LogP contribution in [0.15, 0.2) is 12.7 Å². The van der Waals surface area contributed by atoms with E-state index in [9.17, 15) is 9.59 Å². The number of nitrogens with one attached hydrogen (secondary N) is 1. The molecular weight excluding hydrogens is 224 g/mol. The van der Waals surface area contributed by atoms with Crippen molar-refractivity contribution in [2.45, 2.75) is 31.9 Å². The number of hydrogen-bond acceptors (Lipinski definition) is 5. The number of carbonyl (C=O) groups is 2. The summed E-state index contributed by atoms with van der Waals surface area (Å²) in [4.78, 5) is 22.8. The van der Waals surface area contributed by atoms with Crippen molar-refractivity contribution in [1.29, 1.82) is 0 Å². The lowest BCUT2D eigenvalue weighted by Gasteiger charge is -2.28. The summed E-state index contributed by atoms with van der Waals surface area (Å²) >= 11 is 0. The minimum atomic E-state index is -2.09. The summed E-state index contributed by atoms with van der Waals surface area (Å²) < 4.78 is 4.98. The van der Waals surface area contributed by atoms with Crippen molar-refractivity contribution in [2.75, 3.05) is 13.1 Å². The predicted octanol–water partition coefficient (Wildman–Crippen LogP) is -0.114. The maximum atomic E-state index is 11.7. The summed E-state index contributed by atoms with van der Waals surface area (Å²) in [5, 5.41) is 11.7. The van der Waals surface area contributed by atoms with E-state index < -0.39 is 23.1 Å². The summed E-state index contributed by atoms with van der Waals surface area (Å²) in [6.07, 6.45) is 1.54. The lowest BCUT2D eigenvalue weighted by atomic mass is 10.0. The molecule has 0 radical (unpaired) electrons. The van der Waals surface area contributed by atoms with Gasteiger partial charge in [-0.05, 0) is 20.8 Å². The van der Waals surface area contributed by atoms with Crippen LogP contribution < -0.4 is 11.1 Å². The van der Waals surface area contributed by atoms with Crippen LogP contribution in [0.1, 0.15) is 20.8 Å². The summed E-state index contributed by atoms with van der Waals surface area (Å²) in [6, 6.07) is 0. The van der Waals surface area contributed by atoms with E-state index in [1.54, 1.807) is 20.8 Å². The molecule has 4 N–H and O–H groups in total. The third-order valence-corrected chi connectivity index (χ3v) is 1.84. The molecule has 1 atom stereocenters. The second-order valence-corrected chi connectivity index (χ2v) is 4.70. The van der Waals surface area contributed by atoms with Gasteiger partial charge in [-0.3, -0.25) is 0 Å². The summed E-state index contributed by atoms with van der Waals surface area (Å²) in [5.74, 6) is -2.39. The van der Waals surface area contributed by atoms with Crippen molar-refractivity contribution < 1.29 is 19.4 Å². The molecule has 0 heterocycles. The number of rotatable bonds is 6. The van der Waals surface area contributed by atoms with Crippen LogP contribution in [0.3, 0.4) is 0 Å². The molecule has 17 heavy (non-hydrogen) atoms. The van der Waals surface area contributed by atoms with Gasteiger partial charge in [0.2, 0.25) is 5.54 Å². The summed E-state index contributed by atoms with van der Waals surface area (Å²) in [6.45, 7) is 8.53. The Balaban J connectivity index is 4.76. The van der Waals surface area contributed by atoms with E-state index in [2.05, 4.69) is 11.9 Å². The topological polar surface area (TPSA) is 102 Å². The van der Waals surface area contributed by atoms with E-state index in [1.807, 2.05) is 0 Å². The van der Waals surface area contributed by atoms with Gasteiger partial charge < -0.3 is 20.9 Å². The Morgan fingerprint density at radius 1 is 1.47 bits per heavy atom. The van der Waals surface area contributed by atoms with E-state index >= 15 is 0 Å². The molecule has 0 amide bonds. The normalized spacial score (nSPS) is 14.8. The van der Waals surface area contributed by atoms with Crippen LogP contribution in [0.4, 0.5) is 0 Å². The molecule has 0 aromatic heterocycles. The van der Waals surface area contributed by atoms with Crippen molar-refractivity contribution in [3.63, 3.8) is 0 Å². The first-order valence-electron chi connectivity index (χ1n) is 5.21. The zero-order valence-corrected chi connectivity index (χ0v) is 10.4. The number of carbonyl (C=O) groups excluding carboxylic acids is 1. The second kappa shape index (κ2) is 5.79. The lowest BCUT2D eigenvalue weighted by molar-refractivity contribution is -0.168. The first-order chi connectivity index (χ1) is 7.63. The molecule has 98 valence electrons. The average molecular weight is 244 g/mol. The number of nitrogens with two attached hydrogens (primary N) is 1. The lowest BCUT2D eigenvalue weighted by Crippen LogP contribution is -2.62. The third-order valence-electron chi connectivity index (χ3n) is 1.84. The quantitative estimate of drug-likeness (QED) is 0.261. The van der Waals surface area contributed by atoms with Gasteiger partial charge in [-0.15, -0.1) is 6.58 Å². The van der Waals surface area contributed by atoms with Crippen LogP contribution in [0.2, 0.25) is 0 Å². The van der Waals surface area contributed by atoms with Crippen LogP contribution in [0, 0.1) is 0 Å². The van der Waals surface area contributed by atoms with Crippen LogP contribution in [0.25, 0.3) is 0 Å². The van der Waals surface area contributed by atoms with Gasteiger partial charge >= 0.3 is 11.9 Å². The Morgan fingerprint density at radius 2 is 2.00 bits per heavy atom. The zero-order chi connectivity index (χ0) is 13.7. The molecule has 0 aliphatic carbocycles. The molecule has 0 saturated heterocycles. The highest BCUT2D eigenvalue weighted by Gasteiger charge is 2.45. The molecular formula is C11H20N2O4. The Morgan fingerprint density at radius 3 is 2.35 bits per heavy atom. The largest absolute Gasteiger partial charge is 0.479 e. The smallest absolute Gasteiger partial charge is 0.339 e. The highest BCUT2D eigenvalue weighted by atomic mass is 16.6. The number of carboxylic acid groups (broad SMARTS) is 1. The van der Waals surface area contributed by atoms with Crippen molar-refractivity contribution in [3.8, 4) is 0 Å². The van der Waals surface area contributed by atoms with Gasteiger partial charge in [0.25, 0.3) is 0 Å². The van der Waals surface area contributed by atoms with Crippen LogP contribution in [0.5, 0.6) is 0 Å². The van der Waals surface area contributed by atoms with Gasteiger partial charge in [0.1, 0.15) is 5.60 Å². The second-order valence-electron chi connectivity index (χ2n) is 4.70. The Hall–Kier alpha value is -1.40. The van der Waals surface area contributed by atoms with E-state index in [-0.39, 0.29) is 6.54 Å². The Labute approximate surface area is 101 Å². The van der Waals surface area contributed by atoms with Gasteiger partial charge in [-0.2, -0.15) is 0 Å². The average Bonchev–Trinajstić information content (AvgIpc) is 2.14. The fourth-order valence-electron chi connectivity index (χ4n) is 0.976. The van der Waals surface area contributed by atoms with E-state index in [1.165, 1.54) is 6.08 Å². The van der Waals surface area contributed by atoms with Crippen LogP contribution >= 0.6 is 0 Å². The van der Waals surface area contributed by atoms with E-state index in [0.717, 1.165) is 0 Å². The minimum Gasteiger partial charge on any atom is -0.479 e. The fraction of sp³-hybridized carbons (Fsp3) is 0.636. The van der Waals surface area contributed by atoms with Crippen molar-refractivity contribution in [3.05, 3.63) is 12.7 Å². The number of ether oxygens (including phenoxy) is 1. The standard InChI is InChI=1S/C11H20N2O4/c1-5-6-13-7-11(12,8(14)15)9(16)17-10(2,3)4/h5,13H,1,6-7,12H2,2-4H3,(H,14,15). The summed E-state index contributed by atoms with van der Waals surface area (Å²) in [7, 11) is 0. The number of carboxylic acids is 1. The maximum Gasteiger partial charge on any atom is 0.339 e. The van der Waals surface area contributed by atoms with Crippen molar-refractivity contribution in [1.82, 2.24) is 5.32 Å². The number of esters is 1. The Bertz CT molecular complexity index is 309. The van der Waals surface area contributed by atoms with Crippen LogP contribution in [-0.2, 0) is 14.3 Å². The molecule has 0 aromatic carbocycles. The molecule has 6 heteroatoms. The highest BCUT2D eigenvalue weighted by Crippen LogP contribution is 2.13. The summed E-state index contributed by atoms with van der Waals surface area (Å²) in [5.41, 5.74) is 2.69. The first kappa shape index (κ1) is 15.6. The van der Waals surface area contributed by atoms with Gasteiger partial charge in [0.15, 0.2) is 0 Å².